The average molecular weight is 491 g/mol. The summed E-state index contributed by atoms with van der Waals surface area (Å²) in [5.74, 6) is -1.57. The number of aromatic hydroxyl groups is 1. The number of nitrogens with one attached hydrogen (secondary N) is 1. The van der Waals surface area contributed by atoms with Crippen molar-refractivity contribution in [2.75, 3.05) is 13.7 Å². The number of methoxy groups -OCH3 is 1. The number of carbonyl (C=O) groups excluding carboxylic acids is 2. The molecule has 1 atom stereocenters. The Morgan fingerprint density at radius 1 is 1.42 bits per heavy atom. The van der Waals surface area contributed by atoms with Gasteiger partial charge in [-0.2, -0.15) is 0 Å². The molecule has 1 amide bonds. The highest BCUT2D eigenvalue weighted by atomic mass is 127. The minimum atomic E-state index is -1.16. The maximum Gasteiger partial charge on any atom is 0.330 e. The third-order valence-electron chi connectivity index (χ3n) is 2.25. The summed E-state index contributed by atoms with van der Waals surface area (Å²) < 4.78 is 5.73. The largest absolute Gasteiger partial charge is 0.506 e. The SMILES string of the molecule is COC(=O)C(CO)NC(=O)c1cc(I)cc(I)c1O. The smallest absolute Gasteiger partial charge is 0.330 e. The molecule has 0 spiro atoms. The number of rotatable bonds is 4. The number of phenolic OH excluding ortho intramolecular Hbond substituents is 1. The Bertz CT molecular complexity index is 506. The van der Waals surface area contributed by atoms with Crippen molar-refractivity contribution in [1.82, 2.24) is 5.32 Å². The number of hydrogen-bond donors (Lipinski definition) is 3. The number of amides is 1. The second-order valence-corrected chi connectivity index (χ2v) is 5.92. The van der Waals surface area contributed by atoms with Gasteiger partial charge in [0.15, 0.2) is 6.04 Å². The molecule has 19 heavy (non-hydrogen) atoms. The minimum absolute atomic E-state index is 0.0404. The van der Waals surface area contributed by atoms with Crippen LogP contribution in [-0.2, 0) is 9.53 Å². The molecule has 0 aliphatic rings. The van der Waals surface area contributed by atoms with Gasteiger partial charge in [0, 0.05) is 3.57 Å². The van der Waals surface area contributed by atoms with E-state index in [4.69, 9.17) is 5.11 Å². The Morgan fingerprint density at radius 2 is 2.05 bits per heavy atom. The van der Waals surface area contributed by atoms with E-state index in [0.717, 1.165) is 10.7 Å². The Labute approximate surface area is 136 Å². The molecular weight excluding hydrogens is 480 g/mol. The van der Waals surface area contributed by atoms with Crippen LogP contribution < -0.4 is 5.32 Å². The van der Waals surface area contributed by atoms with Gasteiger partial charge in [-0.1, -0.05) is 0 Å². The zero-order valence-electron chi connectivity index (χ0n) is 9.81. The summed E-state index contributed by atoms with van der Waals surface area (Å²) in [7, 11) is 1.16. The highest BCUT2D eigenvalue weighted by Crippen LogP contribution is 2.26. The van der Waals surface area contributed by atoms with Crippen molar-refractivity contribution in [3.05, 3.63) is 24.8 Å². The van der Waals surface area contributed by atoms with Crippen LogP contribution in [-0.4, -0.2) is 41.8 Å². The quantitative estimate of drug-likeness (QED) is 0.430. The maximum atomic E-state index is 12.0. The van der Waals surface area contributed by atoms with Crippen molar-refractivity contribution < 1.29 is 24.5 Å². The summed E-state index contributed by atoms with van der Waals surface area (Å²) in [5, 5.41) is 21.1. The first-order valence-electron chi connectivity index (χ1n) is 5.08. The van der Waals surface area contributed by atoms with Crippen molar-refractivity contribution in [3.63, 3.8) is 0 Å². The highest BCUT2D eigenvalue weighted by molar-refractivity contribution is 14.1. The lowest BCUT2D eigenvalue weighted by Crippen LogP contribution is -2.44. The fourth-order valence-electron chi connectivity index (χ4n) is 1.30. The van der Waals surface area contributed by atoms with Crippen LogP contribution >= 0.6 is 45.2 Å². The molecule has 0 aliphatic carbocycles. The molecule has 1 rings (SSSR count). The van der Waals surface area contributed by atoms with E-state index in [1.54, 1.807) is 6.07 Å². The van der Waals surface area contributed by atoms with E-state index in [2.05, 4.69) is 10.1 Å². The first kappa shape index (κ1) is 16.4. The molecule has 0 saturated heterocycles. The zero-order chi connectivity index (χ0) is 14.6. The molecule has 1 aromatic carbocycles. The second kappa shape index (κ2) is 7.24. The number of esters is 1. The van der Waals surface area contributed by atoms with Crippen molar-refractivity contribution in [3.8, 4) is 5.75 Å². The van der Waals surface area contributed by atoms with Gasteiger partial charge in [-0.25, -0.2) is 4.79 Å². The lowest BCUT2D eigenvalue weighted by Gasteiger charge is -2.15. The highest BCUT2D eigenvalue weighted by Gasteiger charge is 2.23. The van der Waals surface area contributed by atoms with Crippen molar-refractivity contribution in [1.29, 1.82) is 0 Å². The molecule has 0 radical (unpaired) electrons. The molecule has 0 aromatic heterocycles. The number of halogens is 2. The molecule has 0 aliphatic heterocycles. The number of phenols is 1. The van der Waals surface area contributed by atoms with Crippen LogP contribution in [0.2, 0.25) is 0 Å². The van der Waals surface area contributed by atoms with Crippen molar-refractivity contribution in [2.45, 2.75) is 6.04 Å². The number of hydrogen-bond acceptors (Lipinski definition) is 5. The molecule has 104 valence electrons. The third-order valence-corrected chi connectivity index (χ3v) is 3.69. The fourth-order valence-corrected chi connectivity index (χ4v) is 3.14. The van der Waals surface area contributed by atoms with E-state index in [1.165, 1.54) is 6.07 Å². The lowest BCUT2D eigenvalue weighted by atomic mass is 10.1. The summed E-state index contributed by atoms with van der Waals surface area (Å²) >= 11 is 3.90. The molecular formula is C11H11I2NO5. The van der Waals surface area contributed by atoms with Crippen LogP contribution in [0.15, 0.2) is 12.1 Å². The lowest BCUT2D eigenvalue weighted by molar-refractivity contribution is -0.143. The van der Waals surface area contributed by atoms with E-state index < -0.39 is 24.5 Å². The predicted octanol–water partition coefficient (Wildman–Crippen LogP) is 0.865. The predicted molar refractivity (Wildman–Crippen MR) is 83.9 cm³/mol. The van der Waals surface area contributed by atoms with Gasteiger partial charge >= 0.3 is 5.97 Å². The van der Waals surface area contributed by atoms with E-state index in [0.29, 0.717) is 3.57 Å². The summed E-state index contributed by atoms with van der Waals surface area (Å²) in [4.78, 5) is 23.2. The summed E-state index contributed by atoms with van der Waals surface area (Å²) in [6.45, 7) is -0.583. The van der Waals surface area contributed by atoms with E-state index >= 15 is 0 Å². The molecule has 1 unspecified atom stereocenters. The number of aliphatic hydroxyl groups excluding tert-OH is 1. The van der Waals surface area contributed by atoms with Gasteiger partial charge < -0.3 is 20.3 Å². The van der Waals surface area contributed by atoms with E-state index in [-0.39, 0.29) is 11.3 Å². The van der Waals surface area contributed by atoms with Gasteiger partial charge in [0.1, 0.15) is 5.75 Å². The number of aliphatic hydroxyl groups is 1. The first-order chi connectivity index (χ1) is 8.90. The molecule has 3 N–H and O–H groups in total. The number of carbonyl (C=O) groups is 2. The van der Waals surface area contributed by atoms with Crippen molar-refractivity contribution >= 4 is 57.1 Å². The topological polar surface area (TPSA) is 95.9 Å². The fraction of sp³-hybridized carbons (Fsp3) is 0.273. The van der Waals surface area contributed by atoms with Crippen LogP contribution in [0.3, 0.4) is 0 Å². The number of benzene rings is 1. The molecule has 6 nitrogen and oxygen atoms in total. The standard InChI is InChI=1S/C11H11I2NO5/c1-19-11(18)8(4-15)14-10(17)6-2-5(12)3-7(13)9(6)16/h2-3,8,15-16H,4H2,1H3,(H,14,17). The Balaban J connectivity index is 2.98. The van der Waals surface area contributed by atoms with Crippen LogP contribution in [0.5, 0.6) is 5.75 Å². The summed E-state index contributed by atoms with van der Waals surface area (Å²) in [5.41, 5.74) is 0.0404. The van der Waals surface area contributed by atoms with E-state index in [1.807, 2.05) is 45.2 Å². The maximum absolute atomic E-state index is 12.0. The van der Waals surface area contributed by atoms with Gasteiger partial charge in [0.05, 0.1) is 22.9 Å². The number of ether oxygens (including phenoxy) is 1. The second-order valence-electron chi connectivity index (χ2n) is 3.52. The molecule has 0 heterocycles. The van der Waals surface area contributed by atoms with Gasteiger partial charge in [-0.05, 0) is 57.3 Å². The average Bonchev–Trinajstić information content (AvgIpc) is 2.38. The summed E-state index contributed by atoms with van der Waals surface area (Å²) in [6.07, 6.45) is 0. The van der Waals surface area contributed by atoms with Crippen LogP contribution in [0.25, 0.3) is 0 Å². The van der Waals surface area contributed by atoms with Crippen LogP contribution in [0.1, 0.15) is 10.4 Å². The van der Waals surface area contributed by atoms with Gasteiger partial charge in [-0.3, -0.25) is 4.79 Å². The Kier molecular flexibility index (Phi) is 6.26. The molecule has 8 heteroatoms. The first-order valence-corrected chi connectivity index (χ1v) is 7.24. The molecule has 0 fully saturated rings. The molecule has 1 aromatic rings. The van der Waals surface area contributed by atoms with Gasteiger partial charge in [0.2, 0.25) is 0 Å². The minimum Gasteiger partial charge on any atom is -0.506 e. The third kappa shape index (κ3) is 4.18. The van der Waals surface area contributed by atoms with E-state index in [9.17, 15) is 14.7 Å². The summed E-state index contributed by atoms with van der Waals surface area (Å²) in [6, 6.07) is 2.03. The van der Waals surface area contributed by atoms with Crippen molar-refractivity contribution in [2.24, 2.45) is 0 Å². The zero-order valence-corrected chi connectivity index (χ0v) is 14.1. The molecule has 0 bridgehead atoms. The normalized spacial score (nSPS) is 11.8. The Morgan fingerprint density at radius 3 is 2.58 bits per heavy atom. The van der Waals surface area contributed by atoms with Crippen LogP contribution in [0, 0.1) is 7.14 Å². The van der Waals surface area contributed by atoms with Gasteiger partial charge in [0.25, 0.3) is 5.91 Å². The van der Waals surface area contributed by atoms with Crippen LogP contribution in [0.4, 0.5) is 0 Å². The molecule has 0 saturated carbocycles. The Hall–Kier alpha value is -0.620. The monoisotopic (exact) mass is 491 g/mol. The van der Waals surface area contributed by atoms with Gasteiger partial charge in [-0.15, -0.1) is 0 Å².